The number of hydrogen-bond acceptors (Lipinski definition) is 7. The molecule has 1 rings (SSSR count). The van der Waals surface area contributed by atoms with E-state index in [1.165, 1.54) is 0 Å². The van der Waals surface area contributed by atoms with Gasteiger partial charge in [-0.25, -0.2) is 14.4 Å². The van der Waals surface area contributed by atoms with Gasteiger partial charge in [0.1, 0.15) is 18.5 Å². The Morgan fingerprint density at radius 1 is 0.963 bits per heavy atom. The maximum Gasteiger partial charge on any atom is 0.387 e. The lowest BCUT2D eigenvalue weighted by molar-refractivity contribution is -0.136. The normalized spacial score (nSPS) is 10.6. The summed E-state index contributed by atoms with van der Waals surface area (Å²) >= 11 is 7.55. The summed E-state index contributed by atoms with van der Waals surface area (Å²) < 4.78 is 40.5. The third-order valence-corrected chi connectivity index (χ3v) is 10.7. The Hall–Kier alpha value is 0.0200. The molecule has 0 saturated heterocycles. The second-order valence-electron chi connectivity index (χ2n) is 4.35. The number of carbonyl (C=O) groups excluding carboxylic acids is 2. The third kappa shape index (κ3) is 7.41. The highest BCUT2D eigenvalue weighted by Gasteiger charge is 2.28. The Bertz CT molecular complexity index is 976. The number of ether oxygens (including phenoxy) is 2. The van der Waals surface area contributed by atoms with Crippen LogP contribution in [0.1, 0.15) is 20.7 Å². The van der Waals surface area contributed by atoms with Crippen molar-refractivity contribution in [2.45, 2.75) is 0 Å². The fourth-order valence-corrected chi connectivity index (χ4v) is 5.40. The first-order chi connectivity index (χ1) is 12.4. The zero-order valence-electron chi connectivity index (χ0n) is 12.6. The van der Waals surface area contributed by atoms with Crippen molar-refractivity contribution in [1.29, 1.82) is 0 Å². The molecule has 0 fully saturated rings. The van der Waals surface area contributed by atoms with Crippen LogP contribution in [-0.4, -0.2) is 48.3 Å². The maximum atomic E-state index is 12.3. The molecule has 0 aliphatic heterocycles. The van der Waals surface area contributed by atoms with Crippen LogP contribution in [0.4, 0.5) is 0 Å². The van der Waals surface area contributed by atoms with E-state index in [9.17, 15) is 27.9 Å². The lowest BCUT2D eigenvalue weighted by Crippen LogP contribution is -2.17. The van der Waals surface area contributed by atoms with Crippen molar-refractivity contribution < 1.29 is 41.9 Å². The molecule has 14 heteroatoms. The van der Waals surface area contributed by atoms with E-state index in [1.54, 1.807) is 12.0 Å². The first-order valence-electron chi connectivity index (χ1n) is 6.30. The summed E-state index contributed by atoms with van der Waals surface area (Å²) in [6, 6.07) is 0. The molecule has 0 bridgehead atoms. The molecule has 27 heavy (non-hydrogen) atoms. The molecule has 1 aromatic carbocycles. The van der Waals surface area contributed by atoms with E-state index in [0.717, 1.165) is 0 Å². The minimum absolute atomic E-state index is 0.202. The Morgan fingerprint density at radius 2 is 1.48 bits per heavy atom. The zero-order chi connectivity index (χ0) is 20.9. The van der Waals surface area contributed by atoms with E-state index in [2.05, 4.69) is 9.47 Å². The number of benzene rings is 1. The van der Waals surface area contributed by atoms with E-state index in [1.807, 2.05) is 90.4 Å². The average Bonchev–Trinajstić information content (AvgIpc) is 2.54. The van der Waals surface area contributed by atoms with Crippen molar-refractivity contribution in [3.63, 3.8) is 0 Å². The molecule has 0 aromatic heterocycles. The van der Waals surface area contributed by atoms with Crippen LogP contribution in [0, 0.1) is 26.3 Å². The summed E-state index contributed by atoms with van der Waals surface area (Å²) in [5, 5.41) is 9.41. The minimum Gasteiger partial charge on any atom is -0.478 e. The molecule has 0 amide bonds. The Labute approximate surface area is 207 Å². The van der Waals surface area contributed by atoms with Gasteiger partial charge in [-0.15, -0.1) is 0 Å². The van der Waals surface area contributed by atoms with Gasteiger partial charge in [0.05, 0.1) is 17.0 Å². The van der Waals surface area contributed by atoms with Crippen LogP contribution in [-0.2, 0) is 24.4 Å². The van der Waals surface area contributed by atoms with Gasteiger partial charge in [-0.2, -0.15) is 8.42 Å². The van der Waals surface area contributed by atoms with Gasteiger partial charge in [0.2, 0.25) is 0 Å². The van der Waals surface area contributed by atoms with Crippen LogP contribution in [0.5, 0.6) is 0 Å². The Kier molecular flexibility index (Phi) is 9.93. The predicted molar refractivity (Wildman–Crippen MR) is 125 cm³/mol. The molecule has 0 heterocycles. The molecule has 0 aliphatic rings. The molecular weight excluding hydrogens is 840 g/mol. The number of esters is 2. The molecule has 1 aromatic rings. The third-order valence-electron chi connectivity index (χ3n) is 2.56. The minimum atomic E-state index is -4.29. The highest BCUT2D eigenvalue weighted by atomic mass is 127. The van der Waals surface area contributed by atoms with Crippen LogP contribution < -0.4 is 0 Å². The number of rotatable bonds is 5. The maximum absolute atomic E-state index is 12.3. The van der Waals surface area contributed by atoms with Gasteiger partial charge < -0.3 is 14.6 Å². The quantitative estimate of drug-likeness (QED) is 0.114. The van der Waals surface area contributed by atoms with E-state index < -0.39 is 40.4 Å². The fourth-order valence-electron chi connectivity index (χ4n) is 1.46. The van der Waals surface area contributed by atoms with Crippen molar-refractivity contribution >= 4 is 118 Å². The second kappa shape index (κ2) is 10.7. The topological polar surface area (TPSA) is 144 Å². The largest absolute Gasteiger partial charge is 0.478 e. The SMILES string of the molecule is O=C(C#COC(=O)c1c(I)c(I)c(I)c(I)c1C(=O)O)OCCS(=O)(=O)O. The number of hydrogen-bond donors (Lipinski definition) is 2. The van der Waals surface area contributed by atoms with Crippen LogP contribution in [0.2, 0.25) is 0 Å². The first-order valence-corrected chi connectivity index (χ1v) is 12.2. The molecule has 0 aliphatic carbocycles. The lowest BCUT2D eigenvalue weighted by atomic mass is 10.1. The predicted octanol–water partition coefficient (Wildman–Crippen LogP) is 2.35. The lowest BCUT2D eigenvalue weighted by Gasteiger charge is -2.12. The number of carbonyl (C=O) groups is 3. The number of carboxylic acids is 1. The smallest absolute Gasteiger partial charge is 0.387 e. The molecule has 0 saturated carbocycles. The van der Waals surface area contributed by atoms with Crippen molar-refractivity contribution in [1.82, 2.24) is 0 Å². The average molecular weight is 846 g/mol. The van der Waals surface area contributed by atoms with Gasteiger partial charge in [-0.1, -0.05) is 0 Å². The summed E-state index contributed by atoms with van der Waals surface area (Å²) in [4.78, 5) is 35.1. The summed E-state index contributed by atoms with van der Waals surface area (Å²) in [6.07, 6.45) is 1.79. The summed E-state index contributed by atoms with van der Waals surface area (Å²) in [5.74, 6) is -2.59. The Morgan fingerprint density at radius 3 is 1.96 bits per heavy atom. The van der Waals surface area contributed by atoms with Gasteiger partial charge in [0.25, 0.3) is 10.1 Å². The number of aromatic carboxylic acids is 1. The van der Waals surface area contributed by atoms with Crippen molar-refractivity contribution in [2.24, 2.45) is 0 Å². The molecular formula is C13H6I4O9S. The molecule has 146 valence electrons. The molecule has 0 radical (unpaired) electrons. The van der Waals surface area contributed by atoms with E-state index in [-0.39, 0.29) is 11.1 Å². The highest BCUT2D eigenvalue weighted by Crippen LogP contribution is 2.33. The van der Waals surface area contributed by atoms with Gasteiger partial charge >= 0.3 is 17.9 Å². The first kappa shape index (κ1) is 25.1. The van der Waals surface area contributed by atoms with Gasteiger partial charge in [0, 0.05) is 14.3 Å². The van der Waals surface area contributed by atoms with Gasteiger partial charge in [-0.05, 0) is 90.4 Å². The number of halogens is 4. The zero-order valence-corrected chi connectivity index (χ0v) is 22.0. The van der Waals surface area contributed by atoms with Crippen LogP contribution in [0.25, 0.3) is 0 Å². The highest BCUT2D eigenvalue weighted by molar-refractivity contribution is 14.1. The van der Waals surface area contributed by atoms with Gasteiger partial charge in [-0.3, -0.25) is 4.55 Å². The molecule has 0 unspecified atom stereocenters. The number of carboxylic acid groups (broad SMARTS) is 1. The monoisotopic (exact) mass is 846 g/mol. The van der Waals surface area contributed by atoms with Crippen molar-refractivity contribution in [2.75, 3.05) is 12.4 Å². The molecule has 2 N–H and O–H groups in total. The summed E-state index contributed by atoms with van der Waals surface area (Å²) in [7, 11) is -4.29. The van der Waals surface area contributed by atoms with Crippen LogP contribution in [0.15, 0.2) is 0 Å². The van der Waals surface area contributed by atoms with E-state index in [0.29, 0.717) is 14.3 Å². The molecule has 9 nitrogen and oxygen atoms in total. The summed E-state index contributed by atoms with van der Waals surface area (Å²) in [6.45, 7) is -0.630. The fraction of sp³-hybridized carbons (Fsp3) is 0.154. The van der Waals surface area contributed by atoms with Crippen LogP contribution >= 0.6 is 90.4 Å². The standard InChI is InChI=1S/C13H6I4O9S/c14-8-6(12(19)20)7(9(15)11(17)10(8)16)13(21)26-2-1-5(18)25-3-4-27(22,23)24/h3-4H2,(H,19,20)(H,22,23,24). The molecule has 0 spiro atoms. The van der Waals surface area contributed by atoms with E-state index >= 15 is 0 Å². The van der Waals surface area contributed by atoms with E-state index in [4.69, 9.17) is 4.55 Å². The summed E-state index contributed by atoms with van der Waals surface area (Å²) in [5.41, 5.74) is -0.446. The van der Waals surface area contributed by atoms with Crippen molar-refractivity contribution in [3.8, 4) is 12.0 Å². The van der Waals surface area contributed by atoms with Crippen LogP contribution in [0.3, 0.4) is 0 Å². The molecule has 0 atom stereocenters. The van der Waals surface area contributed by atoms with Gasteiger partial charge in [0.15, 0.2) is 0 Å². The Balaban J connectivity index is 3.00. The second-order valence-corrected chi connectivity index (χ2v) is 10.2. The van der Waals surface area contributed by atoms with Crippen molar-refractivity contribution in [3.05, 3.63) is 25.4 Å².